The van der Waals surface area contributed by atoms with E-state index in [2.05, 4.69) is 10.3 Å². The maximum absolute atomic E-state index is 11.8. The maximum atomic E-state index is 11.8. The van der Waals surface area contributed by atoms with Crippen molar-refractivity contribution in [2.45, 2.75) is 0 Å². The van der Waals surface area contributed by atoms with Crippen LogP contribution in [-0.4, -0.2) is 44.1 Å². The van der Waals surface area contributed by atoms with Crippen molar-refractivity contribution in [1.29, 1.82) is 0 Å². The molecule has 2 rings (SSSR count). The fourth-order valence-corrected chi connectivity index (χ4v) is 2.53. The zero-order valence-corrected chi connectivity index (χ0v) is 12.2. The number of sulfonamides is 1. The van der Waals surface area contributed by atoms with Crippen molar-refractivity contribution in [2.75, 3.05) is 31.7 Å². The van der Waals surface area contributed by atoms with Gasteiger partial charge in [0.1, 0.15) is 5.82 Å². The highest BCUT2D eigenvalue weighted by molar-refractivity contribution is 7.89. The molecule has 108 valence electrons. The van der Waals surface area contributed by atoms with E-state index in [0.29, 0.717) is 11.2 Å². The second kappa shape index (κ2) is 5.64. The predicted octanol–water partition coefficient (Wildman–Crippen LogP) is 0.831. The topological polar surface area (TPSA) is 82.3 Å². The third-order valence-corrected chi connectivity index (χ3v) is 4.82. The lowest BCUT2D eigenvalue weighted by Crippen LogP contribution is -2.28. The van der Waals surface area contributed by atoms with Gasteiger partial charge in [0.25, 0.3) is 5.56 Å². The summed E-state index contributed by atoms with van der Waals surface area (Å²) < 4.78 is 24.4. The van der Waals surface area contributed by atoms with Crippen LogP contribution in [0.1, 0.15) is 0 Å². The number of hydrogen-bond donors (Lipinski definition) is 2. The average Bonchev–Trinajstić information content (AvgIpc) is 2.38. The number of hydrogen-bond acceptors (Lipinski definition) is 4. The standard InChI is InChI=1S/C13H17N3O3S/c1-16(2)20(18,19)8-7-14-12-9-10-5-3-4-6-11(10)13(17)15-12/h3-6,9H,7-8H2,1-2H3,(H2,14,15,17). The summed E-state index contributed by atoms with van der Waals surface area (Å²) in [5.41, 5.74) is -0.193. The third-order valence-electron chi connectivity index (χ3n) is 2.99. The summed E-state index contributed by atoms with van der Waals surface area (Å²) in [6.07, 6.45) is 0. The Balaban J connectivity index is 2.14. The summed E-state index contributed by atoms with van der Waals surface area (Å²) in [7, 11) is -0.256. The number of aromatic nitrogens is 1. The lowest BCUT2D eigenvalue weighted by Gasteiger charge is -2.12. The molecule has 2 aromatic rings. The Labute approximate surface area is 117 Å². The molecule has 2 N–H and O–H groups in total. The van der Waals surface area contributed by atoms with Crippen LogP contribution in [0.3, 0.4) is 0 Å². The number of rotatable bonds is 5. The molecule has 0 saturated heterocycles. The van der Waals surface area contributed by atoms with Gasteiger partial charge in [0, 0.05) is 26.0 Å². The molecule has 7 heteroatoms. The van der Waals surface area contributed by atoms with E-state index >= 15 is 0 Å². The molecule has 0 unspecified atom stereocenters. The molecule has 1 heterocycles. The third kappa shape index (κ3) is 3.17. The van der Waals surface area contributed by atoms with Crippen molar-refractivity contribution in [3.63, 3.8) is 0 Å². The number of nitrogens with zero attached hydrogens (tertiary/aromatic N) is 1. The van der Waals surface area contributed by atoms with Crippen LogP contribution in [0.5, 0.6) is 0 Å². The molecule has 0 bridgehead atoms. The van der Waals surface area contributed by atoms with E-state index in [1.54, 1.807) is 18.2 Å². The van der Waals surface area contributed by atoms with Crippen LogP contribution >= 0.6 is 0 Å². The fraction of sp³-hybridized carbons (Fsp3) is 0.308. The SMILES string of the molecule is CN(C)S(=O)(=O)CCNc1cc2ccccc2c(=O)[nH]1. The first-order valence-electron chi connectivity index (χ1n) is 6.16. The molecular weight excluding hydrogens is 278 g/mol. The van der Waals surface area contributed by atoms with Crippen LogP contribution in [0.15, 0.2) is 35.1 Å². The smallest absolute Gasteiger partial charge is 0.257 e. The molecule has 0 aliphatic rings. The van der Waals surface area contributed by atoms with Gasteiger partial charge >= 0.3 is 0 Å². The van der Waals surface area contributed by atoms with Crippen LogP contribution in [0.25, 0.3) is 10.8 Å². The Bertz CT molecular complexity index is 766. The number of nitrogens with one attached hydrogen (secondary N) is 2. The first-order valence-corrected chi connectivity index (χ1v) is 7.77. The summed E-state index contributed by atoms with van der Waals surface area (Å²) in [6.45, 7) is 0.231. The first-order chi connectivity index (χ1) is 9.40. The van der Waals surface area contributed by atoms with Gasteiger partial charge in [0.2, 0.25) is 10.0 Å². The normalized spacial score (nSPS) is 11.9. The Morgan fingerprint density at radius 3 is 2.65 bits per heavy atom. The van der Waals surface area contributed by atoms with Gasteiger partial charge in [-0.05, 0) is 17.5 Å². The van der Waals surface area contributed by atoms with E-state index in [-0.39, 0.29) is 17.9 Å². The minimum atomic E-state index is -3.24. The van der Waals surface area contributed by atoms with E-state index in [1.165, 1.54) is 18.4 Å². The lowest BCUT2D eigenvalue weighted by molar-refractivity contribution is 0.521. The Hall–Kier alpha value is -1.86. The van der Waals surface area contributed by atoms with Crippen LogP contribution in [0, 0.1) is 0 Å². The fourth-order valence-electron chi connectivity index (χ4n) is 1.80. The molecule has 0 spiro atoms. The van der Waals surface area contributed by atoms with Crippen molar-refractivity contribution in [2.24, 2.45) is 0 Å². The largest absolute Gasteiger partial charge is 0.370 e. The summed E-state index contributed by atoms with van der Waals surface area (Å²) in [4.78, 5) is 14.5. The van der Waals surface area contributed by atoms with Gasteiger partial charge in [0.15, 0.2) is 0 Å². The number of H-pyrrole nitrogens is 1. The highest BCUT2D eigenvalue weighted by Crippen LogP contribution is 2.12. The number of benzene rings is 1. The molecule has 0 saturated carbocycles. The molecule has 0 aliphatic heterocycles. The minimum absolute atomic E-state index is 0.0329. The molecule has 0 amide bonds. The van der Waals surface area contributed by atoms with E-state index in [0.717, 1.165) is 5.39 Å². The number of aromatic amines is 1. The van der Waals surface area contributed by atoms with E-state index in [1.807, 2.05) is 12.1 Å². The number of pyridine rings is 1. The molecule has 0 atom stereocenters. The van der Waals surface area contributed by atoms with Gasteiger partial charge in [-0.3, -0.25) is 4.79 Å². The zero-order valence-electron chi connectivity index (χ0n) is 11.4. The van der Waals surface area contributed by atoms with Crippen molar-refractivity contribution >= 4 is 26.6 Å². The van der Waals surface area contributed by atoms with Crippen LogP contribution in [0.4, 0.5) is 5.82 Å². The van der Waals surface area contributed by atoms with E-state index in [9.17, 15) is 13.2 Å². The van der Waals surface area contributed by atoms with E-state index in [4.69, 9.17) is 0 Å². The summed E-state index contributed by atoms with van der Waals surface area (Å²) >= 11 is 0. The summed E-state index contributed by atoms with van der Waals surface area (Å²) in [6, 6.07) is 9.02. The highest BCUT2D eigenvalue weighted by atomic mass is 32.2. The number of fused-ring (bicyclic) bond motifs is 1. The van der Waals surface area contributed by atoms with E-state index < -0.39 is 10.0 Å². The number of anilines is 1. The van der Waals surface area contributed by atoms with Crippen molar-refractivity contribution in [3.05, 3.63) is 40.7 Å². The minimum Gasteiger partial charge on any atom is -0.370 e. The molecule has 6 nitrogen and oxygen atoms in total. The van der Waals surface area contributed by atoms with Gasteiger partial charge < -0.3 is 10.3 Å². The van der Waals surface area contributed by atoms with Crippen molar-refractivity contribution < 1.29 is 8.42 Å². The van der Waals surface area contributed by atoms with Gasteiger partial charge in [-0.1, -0.05) is 18.2 Å². The Morgan fingerprint density at radius 1 is 1.25 bits per heavy atom. The molecular formula is C13H17N3O3S. The molecule has 1 aromatic heterocycles. The second-order valence-corrected chi connectivity index (χ2v) is 6.93. The molecule has 1 aromatic carbocycles. The molecule has 0 radical (unpaired) electrons. The molecule has 0 fully saturated rings. The zero-order chi connectivity index (χ0) is 14.8. The van der Waals surface area contributed by atoms with Crippen LogP contribution in [0.2, 0.25) is 0 Å². The Morgan fingerprint density at radius 2 is 1.95 bits per heavy atom. The van der Waals surface area contributed by atoms with Crippen LogP contribution in [-0.2, 0) is 10.0 Å². The lowest BCUT2D eigenvalue weighted by atomic mass is 10.2. The Kier molecular flexibility index (Phi) is 4.10. The first kappa shape index (κ1) is 14.5. The van der Waals surface area contributed by atoms with Gasteiger partial charge in [-0.2, -0.15) is 0 Å². The van der Waals surface area contributed by atoms with Crippen molar-refractivity contribution in [1.82, 2.24) is 9.29 Å². The van der Waals surface area contributed by atoms with Gasteiger partial charge in [0.05, 0.1) is 5.75 Å². The summed E-state index contributed by atoms with van der Waals surface area (Å²) in [5.74, 6) is 0.483. The van der Waals surface area contributed by atoms with Gasteiger partial charge in [-0.15, -0.1) is 0 Å². The predicted molar refractivity (Wildman–Crippen MR) is 80.5 cm³/mol. The van der Waals surface area contributed by atoms with Crippen LogP contribution < -0.4 is 10.9 Å². The molecule has 0 aliphatic carbocycles. The average molecular weight is 295 g/mol. The molecule has 20 heavy (non-hydrogen) atoms. The second-order valence-electron chi connectivity index (χ2n) is 4.62. The monoisotopic (exact) mass is 295 g/mol. The maximum Gasteiger partial charge on any atom is 0.257 e. The van der Waals surface area contributed by atoms with Crippen molar-refractivity contribution in [3.8, 4) is 0 Å². The van der Waals surface area contributed by atoms with Gasteiger partial charge in [-0.25, -0.2) is 12.7 Å². The quantitative estimate of drug-likeness (QED) is 0.856. The highest BCUT2D eigenvalue weighted by Gasteiger charge is 2.12. The summed E-state index contributed by atoms with van der Waals surface area (Å²) in [5, 5.41) is 4.35.